The van der Waals surface area contributed by atoms with Gasteiger partial charge in [0.15, 0.2) is 0 Å². The highest BCUT2D eigenvalue weighted by Crippen LogP contribution is 2.42. The first-order valence-corrected chi connectivity index (χ1v) is 9.66. The van der Waals surface area contributed by atoms with Crippen LogP contribution in [-0.2, 0) is 16.7 Å². The molecule has 5 rings (SSSR count). The fraction of sp³-hybridized carbons (Fsp3) is 0.261. The van der Waals surface area contributed by atoms with Crippen molar-refractivity contribution in [1.82, 2.24) is 15.2 Å². The number of nitrogens with one attached hydrogen (secondary N) is 1. The van der Waals surface area contributed by atoms with Crippen molar-refractivity contribution >= 4 is 11.8 Å². The fourth-order valence-electron chi connectivity index (χ4n) is 4.15. The minimum absolute atomic E-state index is 0.273. The second-order valence-electron chi connectivity index (χ2n) is 7.49. The molecule has 0 amide bonds. The van der Waals surface area contributed by atoms with Gasteiger partial charge in [0.2, 0.25) is 0 Å². The molecule has 2 aliphatic rings. The largest absolute Gasteiger partial charge is 0.399 e. The number of H-pyrrole nitrogens is 1. The van der Waals surface area contributed by atoms with Crippen molar-refractivity contribution < 1.29 is 4.84 Å². The van der Waals surface area contributed by atoms with E-state index in [9.17, 15) is 0 Å². The van der Waals surface area contributed by atoms with E-state index >= 15 is 0 Å². The third kappa shape index (κ3) is 2.74. The van der Waals surface area contributed by atoms with Crippen LogP contribution >= 0.6 is 0 Å². The van der Waals surface area contributed by atoms with Gasteiger partial charge < -0.3 is 4.84 Å². The van der Waals surface area contributed by atoms with E-state index < -0.39 is 0 Å². The minimum Gasteiger partial charge on any atom is -0.399 e. The average Bonchev–Trinajstić information content (AvgIpc) is 3.52. The summed E-state index contributed by atoms with van der Waals surface area (Å²) < 4.78 is 0. The lowest BCUT2D eigenvalue weighted by Crippen LogP contribution is -2.30. The van der Waals surface area contributed by atoms with Crippen molar-refractivity contribution in [2.24, 2.45) is 11.1 Å². The number of rotatable bonds is 5. The van der Waals surface area contributed by atoms with Gasteiger partial charge in [-0.15, -0.1) is 0 Å². The molecular formula is C23H22N4O. The van der Waals surface area contributed by atoms with Crippen molar-refractivity contribution in [3.8, 4) is 0 Å². The Bertz CT molecular complexity index is 993. The first-order chi connectivity index (χ1) is 13.8. The monoisotopic (exact) mass is 370 g/mol. The topological polar surface area (TPSA) is 63.2 Å². The molecule has 28 heavy (non-hydrogen) atoms. The van der Waals surface area contributed by atoms with E-state index in [0.717, 1.165) is 41.9 Å². The molecule has 3 aromatic rings. The Morgan fingerprint density at radius 3 is 2.68 bits per heavy atom. The molecule has 1 N–H and O–H groups in total. The Hall–Kier alpha value is -3.21. The van der Waals surface area contributed by atoms with E-state index in [4.69, 9.17) is 4.84 Å². The van der Waals surface area contributed by atoms with Crippen LogP contribution in [0.15, 0.2) is 66.1 Å². The van der Waals surface area contributed by atoms with Crippen LogP contribution < -0.4 is 0 Å². The van der Waals surface area contributed by atoms with Gasteiger partial charge in [-0.1, -0.05) is 53.7 Å². The molecule has 2 aliphatic carbocycles. The highest BCUT2D eigenvalue weighted by molar-refractivity contribution is 6.04. The van der Waals surface area contributed by atoms with Crippen LogP contribution in [0.3, 0.4) is 0 Å². The zero-order valence-corrected chi connectivity index (χ0v) is 15.8. The SMILES string of the molecule is CO/N=C(/c1n[nH]c2c1C=CC(c1ccccc1)(c1cccnc1)C2)C1CC1. The van der Waals surface area contributed by atoms with E-state index in [0.29, 0.717) is 5.92 Å². The van der Waals surface area contributed by atoms with Gasteiger partial charge >= 0.3 is 0 Å². The lowest BCUT2D eigenvalue weighted by atomic mass is 9.69. The standard InChI is InChI=1S/C23H22N4O/c1-28-27-21(16-9-10-16)22-19-11-12-23(14-20(19)25-26-22,17-6-3-2-4-7-17)18-8-5-13-24-15-18/h2-8,11-13,15-16H,9-10,14H2,1H3,(H,25,26)/b27-21+. The lowest BCUT2D eigenvalue weighted by molar-refractivity contribution is 0.212. The van der Waals surface area contributed by atoms with Crippen molar-refractivity contribution in [1.29, 1.82) is 0 Å². The van der Waals surface area contributed by atoms with Crippen LogP contribution in [-0.4, -0.2) is 28.0 Å². The van der Waals surface area contributed by atoms with Gasteiger partial charge in [0.1, 0.15) is 18.5 Å². The molecule has 2 heterocycles. The summed E-state index contributed by atoms with van der Waals surface area (Å²) in [4.78, 5) is 9.48. The van der Waals surface area contributed by atoms with Crippen LogP contribution in [0.2, 0.25) is 0 Å². The number of hydrogen-bond donors (Lipinski definition) is 1. The van der Waals surface area contributed by atoms with Crippen molar-refractivity contribution in [3.63, 3.8) is 0 Å². The Kier molecular flexibility index (Phi) is 4.08. The van der Waals surface area contributed by atoms with Gasteiger partial charge in [-0.3, -0.25) is 10.1 Å². The number of hydrogen-bond acceptors (Lipinski definition) is 4. The first kappa shape index (κ1) is 16.9. The van der Waals surface area contributed by atoms with Crippen molar-refractivity contribution in [2.75, 3.05) is 7.11 Å². The Balaban J connectivity index is 1.62. The first-order valence-electron chi connectivity index (χ1n) is 9.66. The van der Waals surface area contributed by atoms with E-state index in [-0.39, 0.29) is 5.41 Å². The fourth-order valence-corrected chi connectivity index (χ4v) is 4.15. The summed E-state index contributed by atoms with van der Waals surface area (Å²) in [5.74, 6) is 0.458. The van der Waals surface area contributed by atoms with Gasteiger partial charge in [-0.2, -0.15) is 5.10 Å². The molecule has 5 nitrogen and oxygen atoms in total. The molecule has 1 unspecified atom stereocenters. The third-order valence-corrected chi connectivity index (χ3v) is 5.73. The van der Waals surface area contributed by atoms with Gasteiger partial charge in [0.25, 0.3) is 0 Å². The number of nitrogens with zero attached hydrogens (tertiary/aromatic N) is 3. The normalized spacial score (nSPS) is 21.4. The molecule has 2 aromatic heterocycles. The smallest absolute Gasteiger partial charge is 0.117 e. The molecule has 1 aromatic carbocycles. The van der Waals surface area contributed by atoms with Crippen molar-refractivity contribution in [2.45, 2.75) is 24.7 Å². The highest BCUT2D eigenvalue weighted by atomic mass is 16.6. The average molecular weight is 370 g/mol. The van der Waals surface area contributed by atoms with Gasteiger partial charge in [0.05, 0.1) is 0 Å². The molecule has 1 saturated carbocycles. The molecule has 0 bridgehead atoms. The molecule has 0 aliphatic heterocycles. The van der Waals surface area contributed by atoms with Gasteiger partial charge in [0, 0.05) is 41.4 Å². The Morgan fingerprint density at radius 1 is 1.14 bits per heavy atom. The summed E-state index contributed by atoms with van der Waals surface area (Å²) in [6.45, 7) is 0. The maximum atomic E-state index is 5.10. The maximum absolute atomic E-state index is 5.10. The summed E-state index contributed by atoms with van der Waals surface area (Å²) in [6, 6.07) is 14.7. The number of aromatic nitrogens is 3. The van der Waals surface area contributed by atoms with Crippen molar-refractivity contribution in [3.05, 3.63) is 89.0 Å². The zero-order chi connectivity index (χ0) is 19.0. The molecule has 140 valence electrons. The lowest BCUT2D eigenvalue weighted by Gasteiger charge is -2.34. The van der Waals surface area contributed by atoms with E-state index in [1.807, 2.05) is 18.5 Å². The number of allylic oxidation sites excluding steroid dienone is 1. The number of benzene rings is 1. The summed E-state index contributed by atoms with van der Waals surface area (Å²) in [6.07, 6.45) is 11.4. The molecule has 0 saturated heterocycles. The predicted octanol–water partition coefficient (Wildman–Crippen LogP) is 4.12. The number of aromatic amines is 1. The minimum atomic E-state index is -0.273. The highest BCUT2D eigenvalue weighted by Gasteiger charge is 2.39. The Labute approximate surface area is 164 Å². The van der Waals surface area contributed by atoms with E-state index in [1.54, 1.807) is 7.11 Å². The van der Waals surface area contributed by atoms with Crippen LogP contribution in [0.1, 0.15) is 40.9 Å². The van der Waals surface area contributed by atoms with Crippen LogP contribution in [0, 0.1) is 5.92 Å². The maximum Gasteiger partial charge on any atom is 0.117 e. The number of oxime groups is 1. The molecule has 5 heteroatoms. The quantitative estimate of drug-likeness (QED) is 0.543. The van der Waals surface area contributed by atoms with E-state index in [2.05, 4.69) is 68.9 Å². The summed E-state index contributed by atoms with van der Waals surface area (Å²) in [5.41, 5.74) is 6.26. The van der Waals surface area contributed by atoms with Crippen LogP contribution in [0.25, 0.3) is 6.08 Å². The molecule has 0 spiro atoms. The second kappa shape index (κ2) is 6.75. The third-order valence-electron chi connectivity index (χ3n) is 5.73. The van der Waals surface area contributed by atoms with Crippen LogP contribution in [0.4, 0.5) is 0 Å². The summed E-state index contributed by atoms with van der Waals surface area (Å²) >= 11 is 0. The summed E-state index contributed by atoms with van der Waals surface area (Å²) in [5, 5.41) is 12.2. The predicted molar refractivity (Wildman–Crippen MR) is 109 cm³/mol. The molecule has 1 atom stereocenters. The molecule has 0 radical (unpaired) electrons. The van der Waals surface area contributed by atoms with Gasteiger partial charge in [-0.05, 0) is 30.0 Å². The molecule has 1 fully saturated rings. The van der Waals surface area contributed by atoms with E-state index in [1.165, 1.54) is 11.1 Å². The van der Waals surface area contributed by atoms with Gasteiger partial charge in [-0.25, -0.2) is 0 Å². The summed E-state index contributed by atoms with van der Waals surface area (Å²) in [7, 11) is 1.60. The number of pyridine rings is 1. The number of fused-ring (bicyclic) bond motifs is 1. The van der Waals surface area contributed by atoms with Crippen LogP contribution in [0.5, 0.6) is 0 Å². The molecular weight excluding hydrogens is 348 g/mol. The Morgan fingerprint density at radius 2 is 1.96 bits per heavy atom. The zero-order valence-electron chi connectivity index (χ0n) is 15.8. The second-order valence-corrected chi connectivity index (χ2v) is 7.49.